The summed E-state index contributed by atoms with van der Waals surface area (Å²) in [6, 6.07) is 7.79. The van der Waals surface area contributed by atoms with Crippen molar-refractivity contribution in [1.29, 1.82) is 0 Å². The van der Waals surface area contributed by atoms with E-state index in [9.17, 15) is 4.79 Å². The van der Waals surface area contributed by atoms with E-state index in [4.69, 9.17) is 0 Å². The number of nitrogens with one attached hydrogen (secondary N) is 2. The van der Waals surface area contributed by atoms with Gasteiger partial charge in [0.2, 0.25) is 0 Å². The number of fused-ring (bicyclic) bond motifs is 1. The number of anilines is 1. The molecule has 1 aromatic carbocycles. The topological polar surface area (TPSA) is 70.7 Å². The SMILES string of the molecule is Cc1n[nH]c(C)c1C(=O)Nc1nc2ccccc2s1. The van der Waals surface area contributed by atoms with Crippen LogP contribution in [0.2, 0.25) is 0 Å². The van der Waals surface area contributed by atoms with Gasteiger partial charge in [-0.05, 0) is 26.0 Å². The highest BCUT2D eigenvalue weighted by Gasteiger charge is 2.16. The van der Waals surface area contributed by atoms with Crippen LogP contribution in [-0.2, 0) is 0 Å². The Kier molecular flexibility index (Phi) is 2.79. The Morgan fingerprint density at radius 3 is 2.79 bits per heavy atom. The van der Waals surface area contributed by atoms with Crippen LogP contribution in [0, 0.1) is 13.8 Å². The lowest BCUT2D eigenvalue weighted by Gasteiger charge is -2.00. The van der Waals surface area contributed by atoms with Crippen molar-refractivity contribution in [2.75, 3.05) is 5.32 Å². The lowest BCUT2D eigenvalue weighted by atomic mass is 10.2. The van der Waals surface area contributed by atoms with E-state index >= 15 is 0 Å². The summed E-state index contributed by atoms with van der Waals surface area (Å²) in [6.45, 7) is 3.63. The lowest BCUT2D eigenvalue weighted by molar-refractivity contribution is 0.102. The van der Waals surface area contributed by atoms with Crippen LogP contribution >= 0.6 is 11.3 Å². The summed E-state index contributed by atoms with van der Waals surface area (Å²) in [5.74, 6) is -0.178. The van der Waals surface area contributed by atoms with Crippen LogP contribution in [0.3, 0.4) is 0 Å². The van der Waals surface area contributed by atoms with Crippen molar-refractivity contribution in [2.24, 2.45) is 0 Å². The Morgan fingerprint density at radius 2 is 2.11 bits per heavy atom. The molecule has 0 saturated heterocycles. The van der Waals surface area contributed by atoms with Gasteiger partial charge in [0.15, 0.2) is 5.13 Å². The molecule has 0 spiro atoms. The maximum atomic E-state index is 12.2. The highest BCUT2D eigenvalue weighted by Crippen LogP contribution is 2.26. The summed E-state index contributed by atoms with van der Waals surface area (Å²) in [5, 5.41) is 10.2. The van der Waals surface area contributed by atoms with Gasteiger partial charge < -0.3 is 0 Å². The number of aromatic amines is 1. The van der Waals surface area contributed by atoms with Gasteiger partial charge in [0, 0.05) is 5.69 Å². The quantitative estimate of drug-likeness (QED) is 0.753. The number of benzene rings is 1. The van der Waals surface area contributed by atoms with Gasteiger partial charge in [-0.15, -0.1) is 0 Å². The van der Waals surface area contributed by atoms with Crippen molar-refractivity contribution in [3.8, 4) is 0 Å². The summed E-state index contributed by atoms with van der Waals surface area (Å²) < 4.78 is 1.05. The Labute approximate surface area is 113 Å². The number of amides is 1. The van der Waals surface area contributed by atoms with Gasteiger partial charge in [-0.1, -0.05) is 23.5 Å². The third kappa shape index (κ3) is 2.10. The first-order valence-corrected chi connectivity index (χ1v) is 6.65. The van der Waals surface area contributed by atoms with Gasteiger partial charge in [-0.2, -0.15) is 5.10 Å². The standard InChI is InChI=1S/C13H12N4OS/c1-7-11(8(2)17-16-7)12(18)15-13-14-9-5-3-4-6-10(9)19-13/h3-6H,1-2H3,(H,16,17)(H,14,15,18). The third-order valence-electron chi connectivity index (χ3n) is 2.87. The fraction of sp³-hybridized carbons (Fsp3) is 0.154. The smallest absolute Gasteiger partial charge is 0.261 e. The first kappa shape index (κ1) is 11.9. The van der Waals surface area contributed by atoms with Gasteiger partial charge in [0.25, 0.3) is 5.91 Å². The average Bonchev–Trinajstić information content (AvgIpc) is 2.92. The summed E-state index contributed by atoms with van der Waals surface area (Å²) in [6.07, 6.45) is 0. The molecule has 0 bridgehead atoms. The maximum absolute atomic E-state index is 12.2. The molecule has 2 aromatic heterocycles. The van der Waals surface area contributed by atoms with E-state index in [2.05, 4.69) is 20.5 Å². The molecular formula is C13H12N4OS. The Bertz CT molecular complexity index is 706. The van der Waals surface area contributed by atoms with Crippen molar-refractivity contribution >= 4 is 32.6 Å². The van der Waals surface area contributed by atoms with E-state index in [1.807, 2.05) is 31.2 Å². The summed E-state index contributed by atoms with van der Waals surface area (Å²) in [5.41, 5.74) is 2.93. The first-order valence-electron chi connectivity index (χ1n) is 5.83. The minimum atomic E-state index is -0.178. The molecule has 3 rings (SSSR count). The molecule has 0 aliphatic rings. The largest absolute Gasteiger partial charge is 0.298 e. The normalized spacial score (nSPS) is 10.8. The fourth-order valence-corrected chi connectivity index (χ4v) is 2.83. The molecule has 0 saturated carbocycles. The molecule has 0 atom stereocenters. The maximum Gasteiger partial charge on any atom is 0.261 e. The minimum absolute atomic E-state index is 0.178. The second kappa shape index (κ2) is 4.47. The van der Waals surface area contributed by atoms with E-state index in [-0.39, 0.29) is 5.91 Å². The molecule has 0 fully saturated rings. The lowest BCUT2D eigenvalue weighted by Crippen LogP contribution is -2.13. The third-order valence-corrected chi connectivity index (χ3v) is 3.82. The molecule has 0 aliphatic carbocycles. The van der Waals surface area contributed by atoms with Crippen molar-refractivity contribution in [1.82, 2.24) is 15.2 Å². The number of aryl methyl sites for hydroxylation is 2. The monoisotopic (exact) mass is 272 g/mol. The van der Waals surface area contributed by atoms with Crippen molar-refractivity contribution in [3.63, 3.8) is 0 Å². The number of carbonyl (C=O) groups excluding carboxylic acids is 1. The number of carbonyl (C=O) groups is 1. The number of nitrogens with zero attached hydrogens (tertiary/aromatic N) is 2. The molecule has 2 N–H and O–H groups in total. The highest BCUT2D eigenvalue weighted by molar-refractivity contribution is 7.22. The zero-order valence-corrected chi connectivity index (χ0v) is 11.3. The molecule has 19 heavy (non-hydrogen) atoms. The summed E-state index contributed by atoms with van der Waals surface area (Å²) >= 11 is 1.46. The predicted molar refractivity (Wildman–Crippen MR) is 75.6 cm³/mol. The van der Waals surface area contributed by atoms with Crippen molar-refractivity contribution < 1.29 is 4.79 Å². The van der Waals surface area contributed by atoms with Crippen LogP contribution in [0.5, 0.6) is 0 Å². The molecule has 0 radical (unpaired) electrons. The number of aromatic nitrogens is 3. The van der Waals surface area contributed by atoms with Crippen molar-refractivity contribution in [2.45, 2.75) is 13.8 Å². The molecule has 3 aromatic rings. The Balaban J connectivity index is 1.91. The summed E-state index contributed by atoms with van der Waals surface area (Å²) in [7, 11) is 0. The second-order valence-electron chi connectivity index (χ2n) is 4.25. The van der Waals surface area contributed by atoms with E-state index in [1.165, 1.54) is 11.3 Å². The summed E-state index contributed by atoms with van der Waals surface area (Å²) in [4.78, 5) is 16.6. The van der Waals surface area contributed by atoms with Crippen LogP contribution in [-0.4, -0.2) is 21.1 Å². The highest BCUT2D eigenvalue weighted by atomic mass is 32.1. The van der Waals surface area contributed by atoms with Gasteiger partial charge >= 0.3 is 0 Å². The van der Waals surface area contributed by atoms with Crippen LogP contribution in [0.1, 0.15) is 21.7 Å². The van der Waals surface area contributed by atoms with E-state index in [0.717, 1.165) is 15.9 Å². The van der Waals surface area contributed by atoms with Crippen LogP contribution in [0.15, 0.2) is 24.3 Å². The first-order chi connectivity index (χ1) is 9.15. The van der Waals surface area contributed by atoms with E-state index in [1.54, 1.807) is 6.92 Å². The number of thiazole rings is 1. The predicted octanol–water partition coefficient (Wildman–Crippen LogP) is 2.89. The average molecular weight is 272 g/mol. The van der Waals surface area contributed by atoms with Gasteiger partial charge in [0.1, 0.15) is 0 Å². The molecule has 0 aliphatic heterocycles. The molecule has 5 nitrogen and oxygen atoms in total. The molecule has 6 heteroatoms. The van der Waals surface area contributed by atoms with Gasteiger partial charge in [0.05, 0.1) is 21.5 Å². The molecule has 2 heterocycles. The zero-order chi connectivity index (χ0) is 13.4. The van der Waals surface area contributed by atoms with Gasteiger partial charge in [-0.3, -0.25) is 15.2 Å². The Hall–Kier alpha value is -2.21. The van der Waals surface area contributed by atoms with E-state index in [0.29, 0.717) is 16.4 Å². The van der Waals surface area contributed by atoms with Crippen LogP contribution < -0.4 is 5.32 Å². The second-order valence-corrected chi connectivity index (χ2v) is 5.28. The number of rotatable bonds is 2. The van der Waals surface area contributed by atoms with Gasteiger partial charge in [-0.25, -0.2) is 4.98 Å². The zero-order valence-electron chi connectivity index (χ0n) is 10.5. The van der Waals surface area contributed by atoms with Crippen molar-refractivity contribution in [3.05, 3.63) is 41.2 Å². The van der Waals surface area contributed by atoms with Crippen LogP contribution in [0.25, 0.3) is 10.2 Å². The minimum Gasteiger partial charge on any atom is -0.298 e. The molecule has 0 unspecified atom stereocenters. The number of hydrogen-bond acceptors (Lipinski definition) is 4. The fourth-order valence-electron chi connectivity index (χ4n) is 1.97. The molecule has 1 amide bonds. The number of para-hydroxylation sites is 1. The van der Waals surface area contributed by atoms with Crippen LogP contribution in [0.4, 0.5) is 5.13 Å². The number of H-pyrrole nitrogens is 1. The van der Waals surface area contributed by atoms with E-state index < -0.39 is 0 Å². The molecular weight excluding hydrogens is 260 g/mol. The Morgan fingerprint density at radius 1 is 1.32 bits per heavy atom. The molecule has 96 valence electrons. The number of hydrogen-bond donors (Lipinski definition) is 2.